The van der Waals surface area contributed by atoms with Crippen molar-refractivity contribution in [1.82, 2.24) is 0 Å². The molecule has 0 unspecified atom stereocenters. The lowest BCUT2D eigenvalue weighted by molar-refractivity contribution is 0.102. The van der Waals surface area contributed by atoms with Crippen LogP contribution in [-0.2, 0) is 6.42 Å². The molecular weight excluding hydrogens is 224 g/mol. The minimum atomic E-state index is -0.126. The molecule has 92 valence electrons. The molecule has 0 aliphatic rings. The normalized spacial score (nSPS) is 10.1. The van der Waals surface area contributed by atoms with Crippen LogP contribution in [0.4, 0.5) is 11.4 Å². The predicted octanol–water partition coefficient (Wildman–Crippen LogP) is 3.08. The molecule has 0 radical (unpaired) electrons. The summed E-state index contributed by atoms with van der Waals surface area (Å²) in [6, 6.07) is 14.7. The van der Waals surface area contributed by atoms with E-state index < -0.39 is 0 Å². The summed E-state index contributed by atoms with van der Waals surface area (Å²) in [7, 11) is 0. The summed E-state index contributed by atoms with van der Waals surface area (Å²) in [5, 5.41) is 2.83. The van der Waals surface area contributed by atoms with Crippen molar-refractivity contribution in [2.75, 3.05) is 11.1 Å². The van der Waals surface area contributed by atoms with Gasteiger partial charge in [-0.25, -0.2) is 0 Å². The van der Waals surface area contributed by atoms with E-state index in [-0.39, 0.29) is 5.91 Å². The average Bonchev–Trinajstić information content (AvgIpc) is 2.40. The van der Waals surface area contributed by atoms with E-state index in [4.69, 9.17) is 5.73 Å². The molecule has 3 nitrogen and oxygen atoms in total. The molecule has 0 aromatic heterocycles. The van der Waals surface area contributed by atoms with Crippen LogP contribution in [-0.4, -0.2) is 5.91 Å². The standard InChI is InChI=1S/C15H16N2O/c1-2-11-8-9-13(10-14(11)16)17-15(18)12-6-4-3-5-7-12/h3-10H,2,16H2,1H3,(H,17,18). The Balaban J connectivity index is 2.15. The number of carbonyl (C=O) groups excluding carboxylic acids is 1. The highest BCUT2D eigenvalue weighted by Crippen LogP contribution is 2.19. The van der Waals surface area contributed by atoms with Crippen molar-refractivity contribution in [2.24, 2.45) is 0 Å². The van der Waals surface area contributed by atoms with Gasteiger partial charge >= 0.3 is 0 Å². The number of anilines is 2. The van der Waals surface area contributed by atoms with Crippen molar-refractivity contribution < 1.29 is 4.79 Å². The molecule has 2 aromatic rings. The molecule has 0 atom stereocenters. The van der Waals surface area contributed by atoms with E-state index in [0.717, 1.165) is 17.7 Å². The van der Waals surface area contributed by atoms with Crippen LogP contribution in [0, 0.1) is 0 Å². The summed E-state index contributed by atoms with van der Waals surface area (Å²) in [5.74, 6) is -0.126. The molecule has 0 fully saturated rings. The van der Waals surface area contributed by atoms with Gasteiger partial charge in [0.05, 0.1) is 0 Å². The van der Waals surface area contributed by atoms with Gasteiger partial charge < -0.3 is 11.1 Å². The maximum Gasteiger partial charge on any atom is 0.255 e. The first-order valence-electron chi connectivity index (χ1n) is 5.95. The molecule has 3 heteroatoms. The van der Waals surface area contributed by atoms with Crippen LogP contribution in [0.25, 0.3) is 0 Å². The van der Waals surface area contributed by atoms with Crippen LogP contribution in [0.15, 0.2) is 48.5 Å². The van der Waals surface area contributed by atoms with E-state index in [1.165, 1.54) is 0 Å². The maximum atomic E-state index is 11.9. The molecule has 0 aliphatic carbocycles. The first-order valence-corrected chi connectivity index (χ1v) is 5.95. The SMILES string of the molecule is CCc1ccc(NC(=O)c2ccccc2)cc1N. The van der Waals surface area contributed by atoms with Crippen molar-refractivity contribution in [3.8, 4) is 0 Å². The van der Waals surface area contributed by atoms with Gasteiger partial charge in [0.2, 0.25) is 0 Å². The Morgan fingerprint density at radius 3 is 2.50 bits per heavy atom. The molecule has 18 heavy (non-hydrogen) atoms. The highest BCUT2D eigenvalue weighted by atomic mass is 16.1. The van der Waals surface area contributed by atoms with E-state index in [9.17, 15) is 4.79 Å². The zero-order chi connectivity index (χ0) is 13.0. The largest absolute Gasteiger partial charge is 0.398 e. The van der Waals surface area contributed by atoms with Crippen LogP contribution in [0.2, 0.25) is 0 Å². The van der Waals surface area contributed by atoms with Gasteiger partial charge in [0, 0.05) is 16.9 Å². The van der Waals surface area contributed by atoms with Crippen LogP contribution < -0.4 is 11.1 Å². The monoisotopic (exact) mass is 240 g/mol. The van der Waals surface area contributed by atoms with E-state index in [1.54, 1.807) is 18.2 Å². The summed E-state index contributed by atoms with van der Waals surface area (Å²) in [5.41, 5.74) is 9.05. The fraction of sp³-hybridized carbons (Fsp3) is 0.133. The summed E-state index contributed by atoms with van der Waals surface area (Å²) < 4.78 is 0. The van der Waals surface area contributed by atoms with E-state index >= 15 is 0 Å². The molecule has 0 bridgehead atoms. The van der Waals surface area contributed by atoms with Crippen LogP contribution >= 0.6 is 0 Å². The Morgan fingerprint density at radius 2 is 1.89 bits per heavy atom. The molecule has 3 N–H and O–H groups in total. The second kappa shape index (κ2) is 5.36. The number of hydrogen-bond donors (Lipinski definition) is 2. The van der Waals surface area contributed by atoms with E-state index in [2.05, 4.69) is 5.32 Å². The predicted molar refractivity (Wildman–Crippen MR) is 74.6 cm³/mol. The van der Waals surface area contributed by atoms with Gasteiger partial charge in [-0.1, -0.05) is 31.2 Å². The second-order valence-corrected chi connectivity index (χ2v) is 4.09. The Hall–Kier alpha value is -2.29. The van der Waals surface area contributed by atoms with E-state index in [0.29, 0.717) is 11.3 Å². The van der Waals surface area contributed by atoms with Gasteiger partial charge in [-0.2, -0.15) is 0 Å². The Labute approximate surface area is 107 Å². The zero-order valence-corrected chi connectivity index (χ0v) is 10.3. The average molecular weight is 240 g/mol. The lowest BCUT2D eigenvalue weighted by Gasteiger charge is -2.08. The molecule has 0 saturated heterocycles. The fourth-order valence-corrected chi connectivity index (χ4v) is 1.79. The fourth-order valence-electron chi connectivity index (χ4n) is 1.79. The van der Waals surface area contributed by atoms with Gasteiger partial charge in [0.25, 0.3) is 5.91 Å². The van der Waals surface area contributed by atoms with Crippen molar-refractivity contribution in [3.05, 3.63) is 59.7 Å². The molecule has 0 saturated carbocycles. The number of nitrogens with one attached hydrogen (secondary N) is 1. The Bertz CT molecular complexity index is 550. The molecule has 0 aliphatic heterocycles. The number of nitrogen functional groups attached to an aromatic ring is 1. The summed E-state index contributed by atoms with van der Waals surface area (Å²) >= 11 is 0. The number of rotatable bonds is 3. The Kier molecular flexibility index (Phi) is 3.63. The number of hydrogen-bond acceptors (Lipinski definition) is 2. The van der Waals surface area contributed by atoms with Crippen LogP contribution in [0.5, 0.6) is 0 Å². The highest BCUT2D eigenvalue weighted by Gasteiger charge is 2.06. The number of aryl methyl sites for hydroxylation is 1. The second-order valence-electron chi connectivity index (χ2n) is 4.09. The quantitative estimate of drug-likeness (QED) is 0.810. The molecular formula is C15H16N2O. The van der Waals surface area contributed by atoms with Gasteiger partial charge in [-0.15, -0.1) is 0 Å². The molecule has 0 heterocycles. The molecule has 2 rings (SSSR count). The first kappa shape index (κ1) is 12.2. The third-order valence-electron chi connectivity index (χ3n) is 2.82. The molecule has 1 amide bonds. The van der Waals surface area contributed by atoms with Gasteiger partial charge in [0.1, 0.15) is 0 Å². The van der Waals surface area contributed by atoms with Crippen molar-refractivity contribution in [2.45, 2.75) is 13.3 Å². The van der Waals surface area contributed by atoms with Crippen LogP contribution in [0.1, 0.15) is 22.8 Å². The third kappa shape index (κ3) is 2.69. The lowest BCUT2D eigenvalue weighted by Crippen LogP contribution is -2.12. The molecule has 0 spiro atoms. The van der Waals surface area contributed by atoms with Gasteiger partial charge in [-0.3, -0.25) is 4.79 Å². The number of amides is 1. The van der Waals surface area contributed by atoms with Crippen molar-refractivity contribution >= 4 is 17.3 Å². The lowest BCUT2D eigenvalue weighted by atomic mass is 10.1. The summed E-state index contributed by atoms with van der Waals surface area (Å²) in [6.07, 6.45) is 0.888. The first-order chi connectivity index (χ1) is 8.70. The zero-order valence-electron chi connectivity index (χ0n) is 10.3. The van der Waals surface area contributed by atoms with Crippen molar-refractivity contribution in [1.29, 1.82) is 0 Å². The summed E-state index contributed by atoms with van der Waals surface area (Å²) in [6.45, 7) is 2.05. The minimum Gasteiger partial charge on any atom is -0.398 e. The minimum absolute atomic E-state index is 0.126. The smallest absolute Gasteiger partial charge is 0.255 e. The Morgan fingerprint density at radius 1 is 1.17 bits per heavy atom. The van der Waals surface area contributed by atoms with Crippen LogP contribution in [0.3, 0.4) is 0 Å². The number of benzene rings is 2. The highest BCUT2D eigenvalue weighted by molar-refractivity contribution is 6.04. The van der Waals surface area contributed by atoms with Gasteiger partial charge in [-0.05, 0) is 36.2 Å². The summed E-state index contributed by atoms with van der Waals surface area (Å²) in [4.78, 5) is 11.9. The van der Waals surface area contributed by atoms with Gasteiger partial charge in [0.15, 0.2) is 0 Å². The number of nitrogens with two attached hydrogens (primary N) is 1. The van der Waals surface area contributed by atoms with E-state index in [1.807, 2.05) is 37.3 Å². The topological polar surface area (TPSA) is 55.1 Å². The number of carbonyl (C=O) groups is 1. The third-order valence-corrected chi connectivity index (χ3v) is 2.82. The van der Waals surface area contributed by atoms with Crippen molar-refractivity contribution in [3.63, 3.8) is 0 Å². The maximum absolute atomic E-state index is 11.9. The molecule has 2 aromatic carbocycles.